The SMILES string of the molecule is Cc1cc(/C=N/NC(=O)c2ccc(O)cc2)ccc1N1CCCC1. The smallest absolute Gasteiger partial charge is 0.271 e. The van der Waals surface area contributed by atoms with Crippen LogP contribution in [-0.4, -0.2) is 30.3 Å². The molecule has 5 nitrogen and oxygen atoms in total. The molecule has 5 heteroatoms. The Labute approximate surface area is 141 Å². The van der Waals surface area contributed by atoms with Crippen molar-refractivity contribution in [1.82, 2.24) is 5.43 Å². The van der Waals surface area contributed by atoms with Crippen molar-refractivity contribution in [3.8, 4) is 5.75 Å². The second kappa shape index (κ2) is 7.17. The molecule has 0 radical (unpaired) electrons. The van der Waals surface area contributed by atoms with Gasteiger partial charge in [0.15, 0.2) is 0 Å². The first-order valence-corrected chi connectivity index (χ1v) is 8.11. The molecule has 24 heavy (non-hydrogen) atoms. The second-order valence-corrected chi connectivity index (χ2v) is 5.99. The van der Waals surface area contributed by atoms with Crippen molar-refractivity contribution >= 4 is 17.8 Å². The van der Waals surface area contributed by atoms with Crippen molar-refractivity contribution in [2.45, 2.75) is 19.8 Å². The van der Waals surface area contributed by atoms with Gasteiger partial charge in [0, 0.05) is 24.3 Å². The number of anilines is 1. The highest BCUT2D eigenvalue weighted by Crippen LogP contribution is 2.24. The summed E-state index contributed by atoms with van der Waals surface area (Å²) in [6.07, 6.45) is 4.15. The maximum absolute atomic E-state index is 11.9. The Morgan fingerprint density at radius 1 is 1.17 bits per heavy atom. The lowest BCUT2D eigenvalue weighted by Crippen LogP contribution is -2.19. The van der Waals surface area contributed by atoms with Crippen LogP contribution in [0, 0.1) is 6.92 Å². The lowest BCUT2D eigenvalue weighted by molar-refractivity contribution is 0.0955. The molecule has 0 atom stereocenters. The molecule has 0 saturated carbocycles. The number of nitrogens with one attached hydrogen (secondary N) is 1. The van der Waals surface area contributed by atoms with Crippen LogP contribution in [0.1, 0.15) is 34.3 Å². The fourth-order valence-electron chi connectivity index (χ4n) is 2.91. The molecule has 2 N–H and O–H groups in total. The number of aromatic hydroxyl groups is 1. The number of rotatable bonds is 4. The third kappa shape index (κ3) is 3.74. The van der Waals surface area contributed by atoms with Crippen LogP contribution in [0.3, 0.4) is 0 Å². The van der Waals surface area contributed by atoms with Gasteiger partial charge in [-0.05, 0) is 67.3 Å². The minimum atomic E-state index is -0.309. The summed E-state index contributed by atoms with van der Waals surface area (Å²) in [6.45, 7) is 4.34. The van der Waals surface area contributed by atoms with Gasteiger partial charge in [0.1, 0.15) is 5.75 Å². The Morgan fingerprint density at radius 2 is 1.88 bits per heavy atom. The normalized spacial score (nSPS) is 14.3. The van der Waals surface area contributed by atoms with Crippen molar-refractivity contribution in [2.75, 3.05) is 18.0 Å². The molecular formula is C19H21N3O2. The van der Waals surface area contributed by atoms with Gasteiger partial charge in [-0.3, -0.25) is 4.79 Å². The van der Waals surface area contributed by atoms with E-state index in [2.05, 4.69) is 34.5 Å². The lowest BCUT2D eigenvalue weighted by Gasteiger charge is -2.20. The largest absolute Gasteiger partial charge is 0.508 e. The molecule has 2 aromatic rings. The van der Waals surface area contributed by atoms with Crippen LogP contribution in [0.2, 0.25) is 0 Å². The number of amides is 1. The molecule has 0 bridgehead atoms. The molecule has 2 aromatic carbocycles. The van der Waals surface area contributed by atoms with Crippen LogP contribution in [0.15, 0.2) is 47.6 Å². The van der Waals surface area contributed by atoms with Crippen LogP contribution in [-0.2, 0) is 0 Å². The van der Waals surface area contributed by atoms with E-state index < -0.39 is 0 Å². The quantitative estimate of drug-likeness (QED) is 0.671. The lowest BCUT2D eigenvalue weighted by atomic mass is 10.1. The number of hydrogen-bond acceptors (Lipinski definition) is 4. The van der Waals surface area contributed by atoms with E-state index in [1.165, 1.54) is 36.2 Å². The van der Waals surface area contributed by atoms with Crippen molar-refractivity contribution in [1.29, 1.82) is 0 Å². The van der Waals surface area contributed by atoms with Crippen LogP contribution in [0.4, 0.5) is 5.69 Å². The number of aryl methyl sites for hydroxylation is 1. The van der Waals surface area contributed by atoms with Crippen LogP contribution < -0.4 is 10.3 Å². The van der Waals surface area contributed by atoms with E-state index in [4.69, 9.17) is 0 Å². The first-order chi connectivity index (χ1) is 11.6. The second-order valence-electron chi connectivity index (χ2n) is 5.99. The molecule has 1 heterocycles. The van der Waals surface area contributed by atoms with Gasteiger partial charge in [0.25, 0.3) is 5.91 Å². The first kappa shape index (κ1) is 16.1. The standard InChI is InChI=1S/C19H21N3O2/c1-14-12-15(4-9-18(14)22-10-2-3-11-22)13-20-21-19(24)16-5-7-17(23)8-6-16/h4-9,12-13,23H,2-3,10-11H2,1H3,(H,21,24)/b20-13+. The van der Waals surface area contributed by atoms with Gasteiger partial charge in [-0.2, -0.15) is 5.10 Å². The maximum atomic E-state index is 11.9. The average Bonchev–Trinajstić information content (AvgIpc) is 3.10. The monoisotopic (exact) mass is 323 g/mol. The van der Waals surface area contributed by atoms with E-state index in [1.807, 2.05) is 6.07 Å². The number of phenolic OH excluding ortho intramolecular Hbond substituents is 1. The predicted octanol–water partition coefficient (Wildman–Crippen LogP) is 3.06. The first-order valence-electron chi connectivity index (χ1n) is 8.11. The number of carbonyl (C=O) groups excluding carboxylic acids is 1. The fourth-order valence-corrected chi connectivity index (χ4v) is 2.91. The summed E-state index contributed by atoms with van der Waals surface area (Å²) < 4.78 is 0. The highest BCUT2D eigenvalue weighted by Gasteiger charge is 2.14. The molecule has 0 unspecified atom stereocenters. The zero-order valence-electron chi connectivity index (χ0n) is 13.7. The van der Waals surface area contributed by atoms with Gasteiger partial charge in [-0.1, -0.05) is 6.07 Å². The summed E-state index contributed by atoms with van der Waals surface area (Å²) in [5.74, 6) is -0.180. The van der Waals surface area contributed by atoms with Crippen molar-refractivity contribution in [3.05, 3.63) is 59.2 Å². The molecule has 1 saturated heterocycles. The molecule has 124 valence electrons. The summed E-state index contributed by atoms with van der Waals surface area (Å²) >= 11 is 0. The maximum Gasteiger partial charge on any atom is 0.271 e. The Balaban J connectivity index is 1.63. The number of phenols is 1. The van der Waals surface area contributed by atoms with E-state index in [0.29, 0.717) is 5.56 Å². The topological polar surface area (TPSA) is 64.9 Å². The summed E-state index contributed by atoms with van der Waals surface area (Å²) in [6, 6.07) is 12.2. The van der Waals surface area contributed by atoms with E-state index in [0.717, 1.165) is 18.7 Å². The van der Waals surface area contributed by atoms with Crippen LogP contribution in [0.5, 0.6) is 5.75 Å². The number of carbonyl (C=O) groups is 1. The minimum Gasteiger partial charge on any atom is -0.508 e. The third-order valence-corrected chi connectivity index (χ3v) is 4.18. The van der Waals surface area contributed by atoms with Gasteiger partial charge >= 0.3 is 0 Å². The molecule has 1 aliphatic rings. The molecule has 1 aliphatic heterocycles. The van der Waals surface area contributed by atoms with E-state index in [-0.39, 0.29) is 11.7 Å². The number of benzene rings is 2. The molecule has 0 spiro atoms. The van der Waals surface area contributed by atoms with Gasteiger partial charge in [0.2, 0.25) is 0 Å². The van der Waals surface area contributed by atoms with Gasteiger partial charge in [-0.15, -0.1) is 0 Å². The number of hydrogen-bond donors (Lipinski definition) is 2. The molecule has 0 aromatic heterocycles. The van der Waals surface area contributed by atoms with E-state index in [9.17, 15) is 9.90 Å². The number of nitrogens with zero attached hydrogens (tertiary/aromatic N) is 2. The van der Waals surface area contributed by atoms with Crippen LogP contribution in [0.25, 0.3) is 0 Å². The van der Waals surface area contributed by atoms with Crippen molar-refractivity contribution < 1.29 is 9.90 Å². The Kier molecular flexibility index (Phi) is 4.79. The van der Waals surface area contributed by atoms with Crippen molar-refractivity contribution in [3.63, 3.8) is 0 Å². The summed E-state index contributed by atoms with van der Waals surface area (Å²) in [7, 11) is 0. The third-order valence-electron chi connectivity index (χ3n) is 4.18. The Hall–Kier alpha value is -2.82. The van der Waals surface area contributed by atoms with E-state index >= 15 is 0 Å². The zero-order chi connectivity index (χ0) is 16.9. The minimum absolute atomic E-state index is 0.128. The zero-order valence-corrected chi connectivity index (χ0v) is 13.7. The summed E-state index contributed by atoms with van der Waals surface area (Å²) in [5.41, 5.74) is 6.38. The van der Waals surface area contributed by atoms with Crippen molar-refractivity contribution in [2.24, 2.45) is 5.10 Å². The molecule has 0 aliphatic carbocycles. The van der Waals surface area contributed by atoms with Gasteiger partial charge in [0.05, 0.1) is 6.21 Å². The van der Waals surface area contributed by atoms with Gasteiger partial charge in [-0.25, -0.2) is 5.43 Å². The Morgan fingerprint density at radius 3 is 2.54 bits per heavy atom. The molecule has 3 rings (SSSR count). The molecular weight excluding hydrogens is 302 g/mol. The van der Waals surface area contributed by atoms with E-state index in [1.54, 1.807) is 18.3 Å². The highest BCUT2D eigenvalue weighted by atomic mass is 16.3. The van der Waals surface area contributed by atoms with Crippen LogP contribution >= 0.6 is 0 Å². The Bertz CT molecular complexity index is 748. The molecule has 1 fully saturated rings. The summed E-state index contributed by atoms with van der Waals surface area (Å²) in [4.78, 5) is 14.3. The fraction of sp³-hybridized carbons (Fsp3) is 0.263. The highest BCUT2D eigenvalue weighted by molar-refractivity contribution is 5.95. The number of hydrazone groups is 1. The molecule has 1 amide bonds. The predicted molar refractivity (Wildman–Crippen MR) is 95.8 cm³/mol. The summed E-state index contributed by atoms with van der Waals surface area (Å²) in [5, 5.41) is 13.2. The average molecular weight is 323 g/mol. The van der Waals surface area contributed by atoms with Gasteiger partial charge < -0.3 is 10.0 Å².